The molecule has 0 saturated carbocycles. The Labute approximate surface area is 98.0 Å². The summed E-state index contributed by atoms with van der Waals surface area (Å²) >= 11 is 0. The Hall–Kier alpha value is -0.910. The average Bonchev–Trinajstić information content (AvgIpc) is 2.22. The maximum absolute atomic E-state index is 11.9. The van der Waals surface area contributed by atoms with Crippen molar-refractivity contribution in [1.29, 1.82) is 0 Å². The summed E-state index contributed by atoms with van der Waals surface area (Å²) in [5.41, 5.74) is 0. The first kappa shape index (κ1) is 13.2. The van der Waals surface area contributed by atoms with Gasteiger partial charge in [0, 0.05) is 28.9 Å². The lowest BCUT2D eigenvalue weighted by Crippen LogP contribution is -2.59. The number of carbonyl (C=O) groups excluding carboxylic acids is 2. The van der Waals surface area contributed by atoms with Gasteiger partial charge in [0.1, 0.15) is 6.04 Å². The molecule has 6 heteroatoms. The van der Waals surface area contributed by atoms with Gasteiger partial charge in [0.15, 0.2) is 0 Å². The van der Waals surface area contributed by atoms with Gasteiger partial charge in [0.2, 0.25) is 11.8 Å². The molecule has 1 aliphatic rings. The summed E-state index contributed by atoms with van der Waals surface area (Å²) in [5, 5.41) is 2.54. The average molecular weight is 246 g/mol. The van der Waals surface area contributed by atoms with E-state index in [1.54, 1.807) is 6.26 Å². The standard InChI is InChI=1S/C10H18N2O3S/c1-4-8-10(14)12(6-9(13)11-8)5-7(2)16(3)15/h7-8H,4-6H2,1-3H3,(H,11,13). The third kappa shape index (κ3) is 3.04. The molecule has 1 N–H and O–H groups in total. The molecular weight excluding hydrogens is 228 g/mol. The zero-order valence-electron chi connectivity index (χ0n) is 9.86. The zero-order valence-corrected chi connectivity index (χ0v) is 10.7. The molecule has 0 spiro atoms. The van der Waals surface area contributed by atoms with Crippen LogP contribution in [0, 0.1) is 0 Å². The summed E-state index contributed by atoms with van der Waals surface area (Å²) in [7, 11) is -0.977. The molecule has 0 aromatic carbocycles. The number of hydrogen-bond acceptors (Lipinski definition) is 3. The number of carbonyl (C=O) groups is 2. The molecule has 2 amide bonds. The minimum absolute atomic E-state index is 0.0700. The van der Waals surface area contributed by atoms with E-state index in [4.69, 9.17) is 0 Å². The van der Waals surface area contributed by atoms with Gasteiger partial charge in [-0.05, 0) is 13.3 Å². The Kier molecular flexibility index (Phi) is 4.46. The van der Waals surface area contributed by atoms with E-state index in [2.05, 4.69) is 5.32 Å². The summed E-state index contributed by atoms with van der Waals surface area (Å²) in [6.45, 7) is 4.13. The van der Waals surface area contributed by atoms with Gasteiger partial charge in [-0.2, -0.15) is 0 Å². The number of rotatable bonds is 4. The molecule has 92 valence electrons. The lowest BCUT2D eigenvalue weighted by atomic mass is 10.1. The molecule has 0 aliphatic carbocycles. The van der Waals surface area contributed by atoms with Crippen LogP contribution in [0.1, 0.15) is 20.3 Å². The summed E-state index contributed by atoms with van der Waals surface area (Å²) in [6, 6.07) is -0.418. The van der Waals surface area contributed by atoms with Gasteiger partial charge in [-0.3, -0.25) is 13.8 Å². The van der Waals surface area contributed by atoms with Gasteiger partial charge in [-0.25, -0.2) is 0 Å². The van der Waals surface area contributed by atoms with Gasteiger partial charge in [-0.15, -0.1) is 0 Å². The second-order valence-corrected chi connectivity index (χ2v) is 5.86. The Morgan fingerprint density at radius 3 is 2.69 bits per heavy atom. The van der Waals surface area contributed by atoms with Crippen LogP contribution in [0.3, 0.4) is 0 Å². The third-order valence-electron chi connectivity index (χ3n) is 2.73. The van der Waals surface area contributed by atoms with Crippen molar-refractivity contribution in [3.05, 3.63) is 0 Å². The van der Waals surface area contributed by atoms with Crippen molar-refractivity contribution < 1.29 is 13.8 Å². The van der Waals surface area contributed by atoms with Crippen molar-refractivity contribution in [2.24, 2.45) is 0 Å². The van der Waals surface area contributed by atoms with E-state index >= 15 is 0 Å². The van der Waals surface area contributed by atoms with Crippen LogP contribution < -0.4 is 5.32 Å². The number of nitrogens with one attached hydrogen (secondary N) is 1. The highest BCUT2D eigenvalue weighted by Gasteiger charge is 2.32. The van der Waals surface area contributed by atoms with Crippen LogP contribution in [0.5, 0.6) is 0 Å². The molecule has 1 saturated heterocycles. The molecule has 16 heavy (non-hydrogen) atoms. The second kappa shape index (κ2) is 5.43. The van der Waals surface area contributed by atoms with E-state index in [0.29, 0.717) is 13.0 Å². The largest absolute Gasteiger partial charge is 0.343 e. The molecule has 5 nitrogen and oxygen atoms in total. The first-order chi connectivity index (χ1) is 7.45. The van der Waals surface area contributed by atoms with Crippen LogP contribution in [0.25, 0.3) is 0 Å². The molecule has 0 radical (unpaired) electrons. The van der Waals surface area contributed by atoms with Gasteiger partial charge in [0.25, 0.3) is 0 Å². The third-order valence-corrected chi connectivity index (χ3v) is 4.01. The molecule has 1 rings (SSSR count). The van der Waals surface area contributed by atoms with Crippen LogP contribution in [0.4, 0.5) is 0 Å². The van der Waals surface area contributed by atoms with Crippen molar-refractivity contribution in [2.45, 2.75) is 31.6 Å². The van der Waals surface area contributed by atoms with Crippen molar-refractivity contribution in [3.8, 4) is 0 Å². The van der Waals surface area contributed by atoms with E-state index in [1.807, 2.05) is 13.8 Å². The SMILES string of the molecule is CCC1NC(=O)CN(CC(C)S(C)=O)C1=O. The molecule has 3 unspecified atom stereocenters. The van der Waals surface area contributed by atoms with E-state index in [1.165, 1.54) is 4.90 Å². The fourth-order valence-electron chi connectivity index (χ4n) is 1.62. The zero-order chi connectivity index (χ0) is 12.3. The Bertz CT molecular complexity index is 319. The van der Waals surface area contributed by atoms with Gasteiger partial charge < -0.3 is 10.2 Å². The topological polar surface area (TPSA) is 66.5 Å². The summed E-state index contributed by atoms with van der Waals surface area (Å²) < 4.78 is 11.2. The molecule has 1 heterocycles. The van der Waals surface area contributed by atoms with Gasteiger partial charge in [0.05, 0.1) is 6.54 Å². The van der Waals surface area contributed by atoms with E-state index in [0.717, 1.165) is 0 Å². The first-order valence-electron chi connectivity index (χ1n) is 5.36. The second-order valence-electron chi connectivity index (χ2n) is 4.06. The van der Waals surface area contributed by atoms with Crippen LogP contribution >= 0.6 is 0 Å². The maximum Gasteiger partial charge on any atom is 0.245 e. The minimum Gasteiger partial charge on any atom is -0.343 e. The lowest BCUT2D eigenvalue weighted by molar-refractivity contribution is -0.144. The molecule has 1 fully saturated rings. The molecular formula is C10H18N2O3S. The normalized spacial score (nSPS) is 25.2. The van der Waals surface area contributed by atoms with E-state index in [9.17, 15) is 13.8 Å². The molecule has 0 aromatic rings. The highest BCUT2D eigenvalue weighted by molar-refractivity contribution is 7.84. The lowest BCUT2D eigenvalue weighted by Gasteiger charge is -2.33. The number of piperazine rings is 1. The van der Waals surface area contributed by atoms with Crippen LogP contribution in [-0.2, 0) is 20.4 Å². The number of hydrogen-bond donors (Lipinski definition) is 1. The van der Waals surface area contributed by atoms with Crippen molar-refractivity contribution in [2.75, 3.05) is 19.3 Å². The Morgan fingerprint density at radius 2 is 2.19 bits per heavy atom. The Balaban J connectivity index is 2.67. The minimum atomic E-state index is -0.977. The van der Waals surface area contributed by atoms with Gasteiger partial charge in [-0.1, -0.05) is 6.92 Å². The van der Waals surface area contributed by atoms with Crippen molar-refractivity contribution in [3.63, 3.8) is 0 Å². The summed E-state index contributed by atoms with van der Waals surface area (Å²) in [4.78, 5) is 24.7. The quantitative estimate of drug-likeness (QED) is 0.726. The van der Waals surface area contributed by atoms with Crippen molar-refractivity contribution >= 4 is 22.6 Å². The fraction of sp³-hybridized carbons (Fsp3) is 0.800. The summed E-state index contributed by atoms with van der Waals surface area (Å²) in [6.07, 6.45) is 2.20. The molecule has 0 bridgehead atoms. The monoisotopic (exact) mass is 246 g/mol. The predicted octanol–water partition coefficient (Wildman–Crippen LogP) is -0.510. The maximum atomic E-state index is 11.9. The Morgan fingerprint density at radius 1 is 1.56 bits per heavy atom. The molecule has 1 aliphatic heterocycles. The van der Waals surface area contributed by atoms with E-state index < -0.39 is 16.8 Å². The number of nitrogens with zero attached hydrogens (tertiary/aromatic N) is 1. The van der Waals surface area contributed by atoms with E-state index in [-0.39, 0.29) is 23.6 Å². The van der Waals surface area contributed by atoms with Crippen LogP contribution in [0.2, 0.25) is 0 Å². The molecule has 3 atom stereocenters. The first-order valence-corrected chi connectivity index (χ1v) is 6.98. The highest BCUT2D eigenvalue weighted by atomic mass is 32.2. The van der Waals surface area contributed by atoms with Crippen molar-refractivity contribution in [1.82, 2.24) is 10.2 Å². The number of amides is 2. The predicted molar refractivity (Wildman–Crippen MR) is 62.3 cm³/mol. The van der Waals surface area contributed by atoms with Crippen LogP contribution in [-0.4, -0.2) is 51.6 Å². The smallest absolute Gasteiger partial charge is 0.245 e. The molecule has 0 aromatic heterocycles. The fourth-order valence-corrected chi connectivity index (χ4v) is 2.01. The highest BCUT2D eigenvalue weighted by Crippen LogP contribution is 2.08. The summed E-state index contributed by atoms with van der Waals surface area (Å²) in [5.74, 6) is -0.208. The van der Waals surface area contributed by atoms with Gasteiger partial charge >= 0.3 is 0 Å². The van der Waals surface area contributed by atoms with Crippen LogP contribution in [0.15, 0.2) is 0 Å².